The van der Waals surface area contributed by atoms with Gasteiger partial charge in [0, 0.05) is 5.75 Å². The van der Waals surface area contributed by atoms with Gasteiger partial charge in [0.25, 0.3) is 5.91 Å². The van der Waals surface area contributed by atoms with Crippen molar-refractivity contribution in [3.63, 3.8) is 0 Å². The number of hydrogen-bond donors (Lipinski definition) is 1. The van der Waals surface area contributed by atoms with Crippen LogP contribution in [0.3, 0.4) is 0 Å². The molecule has 0 aliphatic carbocycles. The van der Waals surface area contributed by atoms with Crippen molar-refractivity contribution in [3.8, 4) is 0 Å². The number of amidine groups is 1. The Bertz CT molecular complexity index is 1100. The van der Waals surface area contributed by atoms with Gasteiger partial charge < -0.3 is 0 Å². The van der Waals surface area contributed by atoms with Gasteiger partial charge in [-0.3, -0.25) is 9.69 Å². The molecule has 2 aromatic rings. The van der Waals surface area contributed by atoms with E-state index in [-0.39, 0.29) is 11.7 Å². The summed E-state index contributed by atoms with van der Waals surface area (Å²) in [5.74, 6) is 0.619. The first-order valence-electron chi connectivity index (χ1n) is 10.1. The van der Waals surface area contributed by atoms with E-state index in [9.17, 15) is 13.2 Å². The molecule has 2 aromatic carbocycles. The summed E-state index contributed by atoms with van der Waals surface area (Å²) in [5, 5.41) is 5.62. The van der Waals surface area contributed by atoms with Gasteiger partial charge in [-0.1, -0.05) is 67.6 Å². The van der Waals surface area contributed by atoms with Gasteiger partial charge in [-0.2, -0.15) is 0 Å². The molecule has 6 nitrogen and oxygen atoms in total. The van der Waals surface area contributed by atoms with E-state index in [1.807, 2.05) is 43.3 Å². The first kappa shape index (κ1) is 23.2. The fourth-order valence-corrected chi connectivity index (χ4v) is 4.75. The van der Waals surface area contributed by atoms with Gasteiger partial charge >= 0.3 is 0 Å². The lowest BCUT2D eigenvalue weighted by Gasteiger charge is -2.18. The zero-order valence-corrected chi connectivity index (χ0v) is 19.5. The summed E-state index contributed by atoms with van der Waals surface area (Å²) in [7, 11) is -3.51. The highest BCUT2D eigenvalue weighted by molar-refractivity contribution is 8.14. The number of carbonyl (C=O) groups is 1. The van der Waals surface area contributed by atoms with Crippen molar-refractivity contribution in [1.82, 2.24) is 0 Å². The Labute approximate surface area is 188 Å². The van der Waals surface area contributed by atoms with Crippen LogP contribution in [0, 0.1) is 6.92 Å². The largest absolute Gasteiger partial charge is 0.283 e. The molecule has 1 amide bonds. The lowest BCUT2D eigenvalue weighted by atomic mass is 10.0. The van der Waals surface area contributed by atoms with E-state index < -0.39 is 10.0 Å². The van der Waals surface area contributed by atoms with Crippen LogP contribution in [0.2, 0.25) is 0 Å². The predicted octanol–water partition coefficient (Wildman–Crippen LogP) is 4.27. The average molecular weight is 458 g/mol. The van der Waals surface area contributed by atoms with Crippen molar-refractivity contribution >= 4 is 44.6 Å². The van der Waals surface area contributed by atoms with Gasteiger partial charge in [-0.25, -0.2) is 18.5 Å². The lowest BCUT2D eigenvalue weighted by molar-refractivity contribution is -0.113. The van der Waals surface area contributed by atoms with Gasteiger partial charge in [0.15, 0.2) is 5.17 Å². The maximum Gasteiger partial charge on any atom is 0.283 e. The van der Waals surface area contributed by atoms with Gasteiger partial charge in [0.1, 0.15) is 5.70 Å². The number of rotatable bonds is 7. The topological polar surface area (TPSA) is 92.8 Å². The second kappa shape index (κ2) is 9.80. The number of benzene rings is 2. The predicted molar refractivity (Wildman–Crippen MR) is 130 cm³/mol. The van der Waals surface area contributed by atoms with Crippen LogP contribution in [0.15, 0.2) is 59.2 Å². The minimum Gasteiger partial charge on any atom is -0.266 e. The molecule has 0 aromatic heterocycles. The van der Waals surface area contributed by atoms with E-state index >= 15 is 0 Å². The fourth-order valence-electron chi connectivity index (χ4n) is 3.07. The summed E-state index contributed by atoms with van der Waals surface area (Å²) in [6.45, 7) is 6.26. The highest BCUT2D eigenvalue weighted by Gasteiger charge is 2.31. The van der Waals surface area contributed by atoms with E-state index in [0.717, 1.165) is 16.8 Å². The summed E-state index contributed by atoms with van der Waals surface area (Å²) in [6.07, 6.45) is 2.17. The molecular weight excluding hydrogens is 430 g/mol. The van der Waals surface area contributed by atoms with Gasteiger partial charge in [-0.15, -0.1) is 0 Å². The van der Waals surface area contributed by atoms with Crippen molar-refractivity contribution in [2.75, 3.05) is 16.4 Å². The van der Waals surface area contributed by atoms with Gasteiger partial charge in [0.2, 0.25) is 10.0 Å². The zero-order valence-electron chi connectivity index (χ0n) is 17.9. The lowest BCUT2D eigenvalue weighted by Crippen LogP contribution is -2.30. The van der Waals surface area contributed by atoms with E-state index in [0.29, 0.717) is 29.0 Å². The number of sulfonamides is 1. The Kier molecular flexibility index (Phi) is 7.35. The standard InChI is InChI=1S/C23H27N3O3S2/c1-16(2)19-9-7-18(8-10-19)15-21-22(27)26(20-11-5-17(3)6-12-20)23(25-21)30-13-4-14-31(24,28)29/h5-12,15-16H,4,13-14H2,1-3H3,(H2,24,28,29)/b21-15-. The normalized spacial score (nSPS) is 15.8. The maximum atomic E-state index is 13.2. The van der Waals surface area contributed by atoms with Crippen molar-refractivity contribution in [2.24, 2.45) is 10.1 Å². The summed E-state index contributed by atoms with van der Waals surface area (Å²) >= 11 is 1.35. The number of carbonyl (C=O) groups excluding carboxylic acids is 1. The Morgan fingerprint density at radius 3 is 2.32 bits per heavy atom. The molecule has 1 aliphatic rings. The fraction of sp³-hybridized carbons (Fsp3) is 0.304. The summed E-state index contributed by atoms with van der Waals surface area (Å²) in [6, 6.07) is 15.7. The molecule has 0 fully saturated rings. The maximum absolute atomic E-state index is 13.2. The smallest absolute Gasteiger partial charge is 0.266 e. The molecule has 0 unspecified atom stereocenters. The molecule has 2 N–H and O–H groups in total. The van der Waals surface area contributed by atoms with Crippen LogP contribution >= 0.6 is 11.8 Å². The molecule has 1 heterocycles. The third-order valence-electron chi connectivity index (χ3n) is 4.83. The third-order valence-corrected chi connectivity index (χ3v) is 6.72. The van der Waals surface area contributed by atoms with Crippen LogP contribution in [0.4, 0.5) is 5.69 Å². The number of nitrogens with two attached hydrogens (primary N) is 1. The Hall–Kier alpha value is -2.42. The monoisotopic (exact) mass is 457 g/mol. The number of nitrogens with zero attached hydrogens (tertiary/aromatic N) is 2. The molecule has 31 heavy (non-hydrogen) atoms. The summed E-state index contributed by atoms with van der Waals surface area (Å²) < 4.78 is 22.4. The Morgan fingerprint density at radius 1 is 1.10 bits per heavy atom. The van der Waals surface area contributed by atoms with E-state index in [1.54, 1.807) is 11.0 Å². The van der Waals surface area contributed by atoms with Gasteiger partial charge in [0.05, 0.1) is 11.4 Å². The van der Waals surface area contributed by atoms with Crippen LogP contribution in [0.25, 0.3) is 6.08 Å². The SMILES string of the molecule is Cc1ccc(N2C(=O)/C(=C/c3ccc(C(C)C)cc3)N=C2SCCCS(N)(=O)=O)cc1. The molecule has 1 aliphatic heterocycles. The van der Waals surface area contributed by atoms with Crippen LogP contribution < -0.4 is 10.0 Å². The molecule has 8 heteroatoms. The van der Waals surface area contributed by atoms with Crippen LogP contribution in [-0.2, 0) is 14.8 Å². The second-order valence-corrected chi connectivity index (χ2v) is 10.6. The van der Waals surface area contributed by atoms with Crippen molar-refractivity contribution in [1.29, 1.82) is 0 Å². The number of aliphatic imine (C=N–C) groups is 1. The number of anilines is 1. The minimum absolute atomic E-state index is 0.101. The number of primary sulfonamides is 1. The number of aryl methyl sites for hydroxylation is 1. The van der Waals surface area contributed by atoms with Crippen molar-refractivity contribution < 1.29 is 13.2 Å². The summed E-state index contributed by atoms with van der Waals surface area (Å²) in [4.78, 5) is 19.3. The number of hydrogen-bond acceptors (Lipinski definition) is 5. The molecule has 0 saturated heterocycles. The van der Waals surface area contributed by atoms with E-state index in [1.165, 1.54) is 17.3 Å². The van der Waals surface area contributed by atoms with E-state index in [4.69, 9.17) is 5.14 Å². The second-order valence-electron chi connectivity index (χ2n) is 7.79. The van der Waals surface area contributed by atoms with Crippen LogP contribution in [0.1, 0.15) is 42.9 Å². The van der Waals surface area contributed by atoms with E-state index in [2.05, 4.69) is 31.0 Å². The minimum atomic E-state index is -3.51. The van der Waals surface area contributed by atoms with Crippen LogP contribution in [-0.4, -0.2) is 31.0 Å². The zero-order chi connectivity index (χ0) is 22.6. The van der Waals surface area contributed by atoms with Crippen LogP contribution in [0.5, 0.6) is 0 Å². The number of amides is 1. The highest BCUT2D eigenvalue weighted by atomic mass is 32.2. The molecule has 0 bridgehead atoms. The van der Waals surface area contributed by atoms with Gasteiger partial charge in [-0.05, 0) is 48.6 Å². The van der Waals surface area contributed by atoms with Crippen molar-refractivity contribution in [3.05, 3.63) is 70.9 Å². The van der Waals surface area contributed by atoms with Crippen molar-refractivity contribution in [2.45, 2.75) is 33.1 Å². The molecule has 0 spiro atoms. The number of thioether (sulfide) groups is 1. The average Bonchev–Trinajstić information content (AvgIpc) is 3.01. The molecule has 164 valence electrons. The molecule has 3 rings (SSSR count). The third kappa shape index (κ3) is 6.29. The summed E-state index contributed by atoms with van der Waals surface area (Å²) in [5.41, 5.74) is 4.31. The highest BCUT2D eigenvalue weighted by Crippen LogP contribution is 2.30. The Morgan fingerprint density at radius 2 is 1.74 bits per heavy atom. The first-order valence-corrected chi connectivity index (χ1v) is 12.8. The molecular formula is C23H27N3O3S2. The quantitative estimate of drug-likeness (QED) is 0.496. The first-order chi connectivity index (χ1) is 14.6. The molecule has 0 saturated carbocycles. The molecule has 0 radical (unpaired) electrons. The molecule has 0 atom stereocenters. The Balaban J connectivity index is 1.86.